The second-order valence-corrected chi connectivity index (χ2v) is 11.2. The van der Waals surface area contributed by atoms with Crippen molar-refractivity contribution in [1.29, 1.82) is 0 Å². The molecule has 12 heteroatoms. The van der Waals surface area contributed by atoms with Gasteiger partial charge in [-0.15, -0.1) is 0 Å². The SMILES string of the molecule is COC(=O)OC1CCN(S(=O)(=O)N2Cc3nn(-c4ccccc4OC)c(-c4ccc(Cl)cc4)c3C2)CC1. The van der Waals surface area contributed by atoms with Crippen LogP contribution < -0.4 is 4.74 Å². The van der Waals surface area contributed by atoms with Gasteiger partial charge in [0.25, 0.3) is 10.2 Å². The Morgan fingerprint density at radius 3 is 2.38 bits per heavy atom. The number of fused-ring (bicyclic) bond motifs is 1. The number of para-hydroxylation sites is 2. The number of carbonyl (C=O) groups is 1. The number of rotatable bonds is 6. The summed E-state index contributed by atoms with van der Waals surface area (Å²) in [5.74, 6) is 0.653. The zero-order valence-corrected chi connectivity index (χ0v) is 22.0. The smallest absolute Gasteiger partial charge is 0.494 e. The number of hydrogen-bond donors (Lipinski definition) is 0. The van der Waals surface area contributed by atoms with Gasteiger partial charge in [-0.25, -0.2) is 9.48 Å². The molecule has 3 aromatic rings. The first-order chi connectivity index (χ1) is 17.8. The lowest BCUT2D eigenvalue weighted by molar-refractivity contribution is 0.0182. The zero-order chi connectivity index (χ0) is 26.2. The molecular weight excluding hydrogens is 520 g/mol. The number of halogens is 1. The molecule has 2 aliphatic heterocycles. The topological polar surface area (TPSA) is 103 Å². The van der Waals surface area contributed by atoms with Gasteiger partial charge in [0.15, 0.2) is 0 Å². The van der Waals surface area contributed by atoms with Crippen molar-refractivity contribution in [1.82, 2.24) is 18.4 Å². The summed E-state index contributed by atoms with van der Waals surface area (Å²) >= 11 is 6.14. The molecule has 2 aromatic carbocycles. The van der Waals surface area contributed by atoms with E-state index in [0.29, 0.717) is 29.3 Å². The zero-order valence-electron chi connectivity index (χ0n) is 20.5. The van der Waals surface area contributed by atoms with Gasteiger partial charge in [-0.3, -0.25) is 0 Å². The van der Waals surface area contributed by atoms with E-state index in [4.69, 9.17) is 26.2 Å². The Hall–Kier alpha value is -3.12. The third-order valence-corrected chi connectivity index (χ3v) is 8.82. The number of benzene rings is 2. The van der Waals surface area contributed by atoms with E-state index in [9.17, 15) is 13.2 Å². The Bertz CT molecular complexity index is 1400. The number of aromatic nitrogens is 2. The summed E-state index contributed by atoms with van der Waals surface area (Å²) in [5.41, 5.74) is 3.93. The summed E-state index contributed by atoms with van der Waals surface area (Å²) in [7, 11) is -0.903. The van der Waals surface area contributed by atoms with Crippen molar-refractivity contribution in [2.24, 2.45) is 0 Å². The van der Waals surface area contributed by atoms with E-state index in [-0.39, 0.29) is 32.3 Å². The highest BCUT2D eigenvalue weighted by molar-refractivity contribution is 7.86. The predicted octanol–water partition coefficient (Wildman–Crippen LogP) is 4.01. The lowest BCUT2D eigenvalue weighted by Gasteiger charge is -2.33. The highest BCUT2D eigenvalue weighted by Crippen LogP contribution is 2.38. The Labute approximate surface area is 220 Å². The van der Waals surface area contributed by atoms with Crippen molar-refractivity contribution in [3.05, 3.63) is 64.8 Å². The maximum atomic E-state index is 13.5. The van der Waals surface area contributed by atoms with Gasteiger partial charge >= 0.3 is 6.16 Å². The molecule has 1 saturated heterocycles. The first-order valence-electron chi connectivity index (χ1n) is 11.8. The van der Waals surface area contributed by atoms with E-state index in [2.05, 4.69) is 4.74 Å². The molecule has 3 heterocycles. The van der Waals surface area contributed by atoms with Crippen LogP contribution in [0.5, 0.6) is 5.75 Å². The van der Waals surface area contributed by atoms with Crippen LogP contribution in [0.1, 0.15) is 24.1 Å². The maximum Gasteiger partial charge on any atom is 0.508 e. The molecule has 0 atom stereocenters. The first-order valence-corrected chi connectivity index (χ1v) is 13.6. The summed E-state index contributed by atoms with van der Waals surface area (Å²) in [4.78, 5) is 11.4. The summed E-state index contributed by atoms with van der Waals surface area (Å²) in [6.07, 6.45) is -0.310. The Kier molecular flexibility index (Phi) is 7.13. The maximum absolute atomic E-state index is 13.5. The molecule has 0 unspecified atom stereocenters. The highest BCUT2D eigenvalue weighted by atomic mass is 35.5. The molecule has 196 valence electrons. The van der Waals surface area contributed by atoms with Crippen molar-refractivity contribution in [2.75, 3.05) is 27.3 Å². The second-order valence-electron chi connectivity index (χ2n) is 8.81. The molecule has 1 fully saturated rings. The van der Waals surface area contributed by atoms with E-state index < -0.39 is 16.4 Å². The molecule has 0 saturated carbocycles. The van der Waals surface area contributed by atoms with Crippen LogP contribution in [0.2, 0.25) is 5.02 Å². The monoisotopic (exact) mass is 546 g/mol. The molecule has 0 spiro atoms. The highest BCUT2D eigenvalue weighted by Gasteiger charge is 2.40. The van der Waals surface area contributed by atoms with Gasteiger partial charge in [-0.1, -0.05) is 35.9 Å². The Morgan fingerprint density at radius 1 is 1.00 bits per heavy atom. The lowest BCUT2D eigenvalue weighted by Crippen LogP contribution is -2.47. The quantitative estimate of drug-likeness (QED) is 0.430. The minimum absolute atomic E-state index is 0.152. The fourth-order valence-corrected chi connectivity index (χ4v) is 6.47. The van der Waals surface area contributed by atoms with E-state index in [1.165, 1.54) is 15.7 Å². The van der Waals surface area contributed by atoms with Crippen LogP contribution in [-0.4, -0.2) is 66.4 Å². The average molecular weight is 547 g/mol. The molecule has 0 bridgehead atoms. The lowest BCUT2D eigenvalue weighted by atomic mass is 10.1. The van der Waals surface area contributed by atoms with Crippen LogP contribution in [-0.2, 0) is 32.8 Å². The molecule has 0 radical (unpaired) electrons. The van der Waals surface area contributed by atoms with E-state index in [0.717, 1.165) is 22.5 Å². The van der Waals surface area contributed by atoms with Crippen LogP contribution in [0.15, 0.2) is 48.5 Å². The summed E-state index contributed by atoms with van der Waals surface area (Å²) in [6, 6.07) is 15.0. The second kappa shape index (κ2) is 10.3. The number of hydrogen-bond acceptors (Lipinski definition) is 7. The summed E-state index contributed by atoms with van der Waals surface area (Å²) in [5, 5.41) is 5.44. The number of methoxy groups -OCH3 is 2. The largest absolute Gasteiger partial charge is 0.508 e. The minimum atomic E-state index is -3.75. The van der Waals surface area contributed by atoms with Crippen molar-refractivity contribution < 1.29 is 27.4 Å². The first kappa shape index (κ1) is 25.5. The third-order valence-electron chi connectivity index (χ3n) is 6.64. The van der Waals surface area contributed by atoms with Crippen LogP contribution in [0, 0.1) is 0 Å². The number of ether oxygens (including phenoxy) is 3. The van der Waals surface area contributed by atoms with Crippen LogP contribution in [0.4, 0.5) is 4.79 Å². The van der Waals surface area contributed by atoms with Crippen molar-refractivity contribution in [3.63, 3.8) is 0 Å². The van der Waals surface area contributed by atoms with Crippen molar-refractivity contribution >= 4 is 28.0 Å². The van der Waals surface area contributed by atoms with Gasteiger partial charge in [0, 0.05) is 35.8 Å². The molecule has 10 nitrogen and oxygen atoms in total. The standard InChI is InChI=1S/C25H27ClN4O6S/c1-34-23-6-4-3-5-22(23)30-24(17-7-9-18(26)10-8-17)20-15-29(16-21(20)27-30)37(32,33)28-13-11-19(12-14-28)36-25(31)35-2/h3-10,19H,11-16H2,1-2H3. The predicted molar refractivity (Wildman–Crippen MR) is 137 cm³/mol. The molecule has 1 aromatic heterocycles. The molecule has 5 rings (SSSR count). The fourth-order valence-electron chi connectivity index (χ4n) is 4.76. The van der Waals surface area contributed by atoms with Crippen molar-refractivity contribution in [2.45, 2.75) is 32.0 Å². The van der Waals surface area contributed by atoms with Crippen LogP contribution >= 0.6 is 11.6 Å². The molecule has 0 aliphatic carbocycles. The van der Waals surface area contributed by atoms with Gasteiger partial charge in [0.05, 0.1) is 32.2 Å². The average Bonchev–Trinajstić information content (AvgIpc) is 3.48. The Balaban J connectivity index is 1.44. The molecule has 0 N–H and O–H groups in total. The van der Waals surface area contributed by atoms with Gasteiger partial charge in [-0.05, 0) is 37.1 Å². The third kappa shape index (κ3) is 4.91. The summed E-state index contributed by atoms with van der Waals surface area (Å²) < 4.78 is 47.1. The van der Waals surface area contributed by atoms with Gasteiger partial charge in [0.2, 0.25) is 0 Å². The van der Waals surface area contributed by atoms with Gasteiger partial charge in [-0.2, -0.15) is 22.1 Å². The van der Waals surface area contributed by atoms with Crippen LogP contribution in [0.25, 0.3) is 16.9 Å². The van der Waals surface area contributed by atoms with E-state index in [1.54, 1.807) is 19.2 Å². The number of nitrogens with zero attached hydrogens (tertiary/aromatic N) is 4. The number of piperidine rings is 1. The van der Waals surface area contributed by atoms with E-state index in [1.807, 2.05) is 41.1 Å². The normalized spacial score (nSPS) is 16.9. The molecular formula is C25H27ClN4O6S. The van der Waals surface area contributed by atoms with Crippen LogP contribution in [0.3, 0.4) is 0 Å². The fraction of sp³-hybridized carbons (Fsp3) is 0.360. The summed E-state index contributed by atoms with van der Waals surface area (Å²) in [6.45, 7) is 0.842. The van der Waals surface area contributed by atoms with Gasteiger partial charge in [0.1, 0.15) is 17.5 Å². The molecule has 0 amide bonds. The Morgan fingerprint density at radius 2 is 1.70 bits per heavy atom. The van der Waals surface area contributed by atoms with E-state index >= 15 is 0 Å². The van der Waals surface area contributed by atoms with Crippen molar-refractivity contribution in [3.8, 4) is 22.7 Å². The molecule has 37 heavy (non-hydrogen) atoms. The van der Waals surface area contributed by atoms with Gasteiger partial charge < -0.3 is 14.2 Å². The molecule has 2 aliphatic rings. The minimum Gasteiger partial charge on any atom is -0.494 e. The number of carbonyl (C=O) groups excluding carboxylic acids is 1.